The lowest BCUT2D eigenvalue weighted by atomic mass is 10.2. The Bertz CT molecular complexity index is 375. The fourth-order valence-corrected chi connectivity index (χ4v) is 2.17. The maximum Gasteiger partial charge on any atom is 0.271 e. The van der Waals surface area contributed by atoms with Gasteiger partial charge in [0.1, 0.15) is 10.7 Å². The molecular weight excluding hydrogens is 254 g/mol. The first-order valence-corrected chi connectivity index (χ1v) is 6.58. The van der Waals surface area contributed by atoms with Crippen LogP contribution in [0.1, 0.15) is 34.9 Å². The van der Waals surface area contributed by atoms with Crippen LogP contribution in [0, 0.1) is 0 Å². The molecule has 2 atom stereocenters. The topological polar surface area (TPSA) is 97.5 Å². The lowest BCUT2D eigenvalue weighted by molar-refractivity contribution is 0.0874. The molecule has 1 aromatic heterocycles. The van der Waals surface area contributed by atoms with E-state index >= 15 is 0 Å². The average Bonchev–Trinajstić information content (AvgIpc) is 2.79. The van der Waals surface area contributed by atoms with Gasteiger partial charge in [-0.1, -0.05) is 0 Å². The van der Waals surface area contributed by atoms with E-state index in [1.54, 1.807) is 12.5 Å². The van der Waals surface area contributed by atoms with Crippen molar-refractivity contribution in [1.29, 1.82) is 0 Å². The highest BCUT2D eigenvalue weighted by molar-refractivity contribution is 7.09. The van der Waals surface area contributed by atoms with Crippen molar-refractivity contribution in [2.75, 3.05) is 20.3 Å². The summed E-state index contributed by atoms with van der Waals surface area (Å²) >= 11 is 1.36. The smallest absolute Gasteiger partial charge is 0.271 e. The normalized spacial score (nSPS) is 14.2. The van der Waals surface area contributed by atoms with Gasteiger partial charge in [0.15, 0.2) is 0 Å². The van der Waals surface area contributed by atoms with E-state index in [1.165, 1.54) is 11.3 Å². The number of hydrogen-bond donors (Lipinski definition) is 3. The molecule has 0 saturated carbocycles. The highest BCUT2D eigenvalue weighted by Gasteiger charge is 2.16. The molecule has 18 heavy (non-hydrogen) atoms. The molecule has 4 N–H and O–H groups in total. The second-order valence-corrected chi connectivity index (χ2v) is 4.89. The summed E-state index contributed by atoms with van der Waals surface area (Å²) in [5, 5.41) is 14.1. The second kappa shape index (κ2) is 7.42. The van der Waals surface area contributed by atoms with Gasteiger partial charge in [-0.3, -0.25) is 4.79 Å². The standard InChI is InChI=1S/C11H19N3O3S/c1-7(12)11-14-9(6-18-11)10(16)13-8(3-4-15)5-17-2/h6-8,15H,3-5,12H2,1-2H3,(H,13,16). The van der Waals surface area contributed by atoms with Gasteiger partial charge in [0, 0.05) is 19.1 Å². The summed E-state index contributed by atoms with van der Waals surface area (Å²) in [6.45, 7) is 2.17. The Kier molecular flexibility index (Phi) is 6.20. The van der Waals surface area contributed by atoms with Gasteiger partial charge in [-0.05, 0) is 13.3 Å². The zero-order valence-electron chi connectivity index (χ0n) is 10.5. The monoisotopic (exact) mass is 273 g/mol. The molecule has 7 heteroatoms. The van der Waals surface area contributed by atoms with E-state index in [2.05, 4.69) is 10.3 Å². The summed E-state index contributed by atoms with van der Waals surface area (Å²) in [4.78, 5) is 16.1. The number of aliphatic hydroxyl groups excluding tert-OH is 1. The Morgan fingerprint density at radius 1 is 1.72 bits per heavy atom. The molecule has 1 heterocycles. The number of aromatic nitrogens is 1. The summed E-state index contributed by atoms with van der Waals surface area (Å²) in [5.74, 6) is -0.270. The Labute approximate surface area is 110 Å². The molecule has 0 aliphatic carbocycles. The quantitative estimate of drug-likeness (QED) is 0.663. The van der Waals surface area contributed by atoms with Gasteiger partial charge in [-0.15, -0.1) is 11.3 Å². The number of hydrogen-bond acceptors (Lipinski definition) is 6. The maximum absolute atomic E-state index is 11.9. The van der Waals surface area contributed by atoms with E-state index in [0.29, 0.717) is 18.7 Å². The molecule has 6 nitrogen and oxygen atoms in total. The number of methoxy groups -OCH3 is 1. The van der Waals surface area contributed by atoms with E-state index in [0.717, 1.165) is 5.01 Å². The van der Waals surface area contributed by atoms with Crippen LogP contribution in [0.3, 0.4) is 0 Å². The first-order valence-electron chi connectivity index (χ1n) is 5.70. The second-order valence-electron chi connectivity index (χ2n) is 4.00. The molecule has 0 saturated heterocycles. The molecule has 0 bridgehead atoms. The third-order valence-corrected chi connectivity index (χ3v) is 3.37. The Morgan fingerprint density at radius 2 is 2.44 bits per heavy atom. The van der Waals surface area contributed by atoms with Crippen LogP contribution >= 0.6 is 11.3 Å². The summed E-state index contributed by atoms with van der Waals surface area (Å²) in [7, 11) is 1.55. The predicted molar refractivity (Wildman–Crippen MR) is 69.5 cm³/mol. The van der Waals surface area contributed by atoms with E-state index < -0.39 is 0 Å². The first-order chi connectivity index (χ1) is 8.58. The SMILES string of the molecule is COCC(CCO)NC(=O)c1csc(C(C)N)n1. The summed E-state index contributed by atoms with van der Waals surface area (Å²) in [5.41, 5.74) is 6.04. The van der Waals surface area contributed by atoms with Crippen LogP contribution in [0.25, 0.3) is 0 Å². The number of aliphatic hydroxyl groups is 1. The minimum atomic E-state index is -0.270. The van der Waals surface area contributed by atoms with Crippen molar-refractivity contribution in [3.63, 3.8) is 0 Å². The van der Waals surface area contributed by atoms with E-state index in [4.69, 9.17) is 15.6 Å². The summed E-state index contributed by atoms with van der Waals surface area (Å²) in [6.07, 6.45) is 0.448. The lowest BCUT2D eigenvalue weighted by Crippen LogP contribution is -2.38. The van der Waals surface area contributed by atoms with Gasteiger partial charge in [-0.2, -0.15) is 0 Å². The molecular formula is C11H19N3O3S. The van der Waals surface area contributed by atoms with Crippen LogP contribution in [0.15, 0.2) is 5.38 Å². The van der Waals surface area contributed by atoms with Crippen molar-refractivity contribution < 1.29 is 14.6 Å². The van der Waals surface area contributed by atoms with E-state index in [1.807, 2.05) is 6.92 Å². The highest BCUT2D eigenvalue weighted by Crippen LogP contribution is 2.15. The maximum atomic E-state index is 11.9. The molecule has 1 aromatic rings. The van der Waals surface area contributed by atoms with Crippen molar-refractivity contribution in [2.24, 2.45) is 5.73 Å². The third-order valence-electron chi connectivity index (χ3n) is 2.32. The van der Waals surface area contributed by atoms with Crippen LogP contribution in [-0.2, 0) is 4.74 Å². The molecule has 0 spiro atoms. The molecule has 0 fully saturated rings. The van der Waals surface area contributed by atoms with Gasteiger partial charge in [0.2, 0.25) is 0 Å². The first kappa shape index (κ1) is 15.0. The molecule has 1 amide bonds. The molecule has 102 valence electrons. The Hall–Kier alpha value is -1.02. The third kappa shape index (κ3) is 4.34. The number of thiazole rings is 1. The lowest BCUT2D eigenvalue weighted by Gasteiger charge is -2.15. The fraction of sp³-hybridized carbons (Fsp3) is 0.636. The highest BCUT2D eigenvalue weighted by atomic mass is 32.1. The minimum absolute atomic E-state index is 0.00352. The molecule has 0 aromatic carbocycles. The molecule has 0 aliphatic heterocycles. The van der Waals surface area contributed by atoms with Crippen LogP contribution < -0.4 is 11.1 Å². The van der Waals surface area contributed by atoms with Gasteiger partial charge >= 0.3 is 0 Å². The van der Waals surface area contributed by atoms with Gasteiger partial charge in [0.05, 0.1) is 18.7 Å². The van der Waals surface area contributed by atoms with Crippen molar-refractivity contribution in [3.05, 3.63) is 16.1 Å². The zero-order valence-corrected chi connectivity index (χ0v) is 11.4. The number of carbonyl (C=O) groups is 1. The number of carbonyl (C=O) groups excluding carboxylic acids is 1. The molecule has 0 radical (unpaired) electrons. The minimum Gasteiger partial charge on any atom is -0.396 e. The van der Waals surface area contributed by atoms with Gasteiger partial charge in [-0.25, -0.2) is 4.98 Å². The number of nitrogens with zero attached hydrogens (tertiary/aromatic N) is 1. The number of amides is 1. The van der Waals surface area contributed by atoms with E-state index in [-0.39, 0.29) is 24.6 Å². The number of ether oxygens (including phenoxy) is 1. The molecule has 2 unspecified atom stereocenters. The van der Waals surface area contributed by atoms with E-state index in [9.17, 15) is 4.79 Å². The Balaban J connectivity index is 2.61. The zero-order chi connectivity index (χ0) is 13.5. The predicted octanol–water partition coefficient (Wildman–Crippen LogP) is 0.290. The molecule has 1 rings (SSSR count). The van der Waals surface area contributed by atoms with Crippen LogP contribution in [0.2, 0.25) is 0 Å². The van der Waals surface area contributed by atoms with Crippen molar-refractivity contribution in [1.82, 2.24) is 10.3 Å². The van der Waals surface area contributed by atoms with Crippen LogP contribution in [0.4, 0.5) is 0 Å². The fourth-order valence-electron chi connectivity index (χ4n) is 1.41. The van der Waals surface area contributed by atoms with Crippen molar-refractivity contribution in [2.45, 2.75) is 25.4 Å². The number of nitrogens with two attached hydrogens (primary N) is 1. The van der Waals surface area contributed by atoms with Gasteiger partial charge in [0.25, 0.3) is 5.91 Å². The van der Waals surface area contributed by atoms with Gasteiger partial charge < -0.3 is 20.9 Å². The number of rotatable bonds is 7. The van der Waals surface area contributed by atoms with Crippen LogP contribution in [0.5, 0.6) is 0 Å². The average molecular weight is 273 g/mol. The Morgan fingerprint density at radius 3 is 2.94 bits per heavy atom. The van der Waals surface area contributed by atoms with Crippen LogP contribution in [-0.4, -0.2) is 42.4 Å². The summed E-state index contributed by atoms with van der Waals surface area (Å²) in [6, 6.07) is -0.392. The molecule has 0 aliphatic rings. The van der Waals surface area contributed by atoms with Crippen molar-refractivity contribution in [3.8, 4) is 0 Å². The summed E-state index contributed by atoms with van der Waals surface area (Å²) < 4.78 is 4.97. The number of nitrogens with one attached hydrogen (secondary N) is 1. The van der Waals surface area contributed by atoms with Crippen molar-refractivity contribution >= 4 is 17.2 Å². The largest absolute Gasteiger partial charge is 0.396 e.